The van der Waals surface area contributed by atoms with Crippen LogP contribution in [0.2, 0.25) is 0 Å². The van der Waals surface area contributed by atoms with E-state index in [1.54, 1.807) is 78.8 Å². The molecule has 0 saturated carbocycles. The van der Waals surface area contributed by atoms with Crippen molar-refractivity contribution in [2.45, 2.75) is 78.2 Å². The van der Waals surface area contributed by atoms with Crippen LogP contribution in [0.4, 0.5) is 14.0 Å². The molecule has 50 heavy (non-hydrogen) atoms. The van der Waals surface area contributed by atoms with Crippen LogP contribution in [0.25, 0.3) is 11.0 Å². The van der Waals surface area contributed by atoms with Crippen LogP contribution in [0.5, 0.6) is 23.0 Å². The van der Waals surface area contributed by atoms with E-state index < -0.39 is 52.7 Å². The van der Waals surface area contributed by atoms with E-state index in [0.717, 1.165) is 11.8 Å². The molecule has 1 heterocycles. The van der Waals surface area contributed by atoms with Crippen molar-refractivity contribution in [2.24, 2.45) is 0 Å². The summed E-state index contributed by atoms with van der Waals surface area (Å²) in [4.78, 5) is 50.6. The minimum Gasteiger partial charge on any atom is -0.460 e. The summed E-state index contributed by atoms with van der Waals surface area (Å²) in [6.07, 6.45) is -0.0581. The highest BCUT2D eigenvalue weighted by Crippen LogP contribution is 2.26. The number of benzene rings is 3. The van der Waals surface area contributed by atoms with E-state index in [2.05, 4.69) is 10.6 Å². The summed E-state index contributed by atoms with van der Waals surface area (Å²) < 4.78 is 46.3. The van der Waals surface area contributed by atoms with Crippen molar-refractivity contribution in [1.29, 1.82) is 0 Å². The molecule has 0 saturated heterocycles. The fourth-order valence-corrected chi connectivity index (χ4v) is 4.47. The van der Waals surface area contributed by atoms with Crippen molar-refractivity contribution in [3.63, 3.8) is 0 Å². The molecular formula is C37H41FN2O10. The average molecular weight is 693 g/mol. The highest BCUT2D eigenvalue weighted by Gasteiger charge is 2.23. The molecule has 0 aliphatic rings. The molecule has 266 valence electrons. The third-order valence-electron chi connectivity index (χ3n) is 6.73. The van der Waals surface area contributed by atoms with Gasteiger partial charge in [0.1, 0.15) is 40.6 Å². The summed E-state index contributed by atoms with van der Waals surface area (Å²) in [5, 5.41) is 6.06. The minimum atomic E-state index is -0.826. The summed E-state index contributed by atoms with van der Waals surface area (Å²) in [6.45, 7) is 12.2. The maximum Gasteiger partial charge on any atom is 0.514 e. The molecule has 2 N–H and O–H groups in total. The van der Waals surface area contributed by atoms with Gasteiger partial charge in [0.15, 0.2) is 11.6 Å². The van der Waals surface area contributed by atoms with Crippen molar-refractivity contribution < 1.29 is 46.9 Å². The number of carbonyl (C=O) groups excluding carboxylic acids is 3. The summed E-state index contributed by atoms with van der Waals surface area (Å²) in [5.74, 6) is -1.18. The Labute approximate surface area is 288 Å². The molecule has 0 spiro atoms. The van der Waals surface area contributed by atoms with E-state index in [-0.39, 0.29) is 34.8 Å². The number of carbonyl (C=O) groups is 3. The highest BCUT2D eigenvalue weighted by molar-refractivity contribution is 5.82. The maximum absolute atomic E-state index is 14.0. The van der Waals surface area contributed by atoms with E-state index >= 15 is 0 Å². The Morgan fingerprint density at radius 1 is 0.840 bits per heavy atom. The number of hydrogen-bond donors (Lipinski definition) is 2. The molecule has 0 radical (unpaired) electrons. The van der Waals surface area contributed by atoms with Crippen molar-refractivity contribution in [1.82, 2.24) is 10.6 Å². The standard InChI is InChI=1S/C37H41FN2O10/c1-22(33(42)46-26-16-17-27-30(19-26)45-21-31(32(27)41)48-29-11-9-8-10-28(29)38)39-20-24(40-34(43)49-36(2,3)4)18-23-12-14-25(15-13-23)47-35(44)50-37(5,6)7/h8-17,19,21-22,24,39H,18,20H2,1-7H3,(H,40,43)/t22-,24-/m1/s1. The number of hydrogen-bond acceptors (Lipinski definition) is 11. The molecule has 0 aliphatic heterocycles. The van der Waals surface area contributed by atoms with Gasteiger partial charge in [-0.05, 0) is 96.8 Å². The molecule has 0 aliphatic carbocycles. The largest absolute Gasteiger partial charge is 0.514 e. The van der Waals surface area contributed by atoms with Crippen LogP contribution in [0.3, 0.4) is 0 Å². The summed E-state index contributed by atoms with van der Waals surface area (Å²) in [6, 6.07) is 15.3. The predicted molar refractivity (Wildman–Crippen MR) is 182 cm³/mol. The lowest BCUT2D eigenvalue weighted by atomic mass is 10.1. The first-order valence-electron chi connectivity index (χ1n) is 15.9. The molecule has 0 unspecified atom stereocenters. The van der Waals surface area contributed by atoms with Crippen molar-refractivity contribution in [3.8, 4) is 23.0 Å². The fourth-order valence-electron chi connectivity index (χ4n) is 4.47. The van der Waals surface area contributed by atoms with E-state index in [1.165, 1.54) is 36.4 Å². The summed E-state index contributed by atoms with van der Waals surface area (Å²) in [7, 11) is 0. The van der Waals surface area contributed by atoms with Crippen molar-refractivity contribution >= 4 is 29.2 Å². The molecule has 1 amide bonds. The molecule has 1 aromatic heterocycles. The Morgan fingerprint density at radius 2 is 1.50 bits per heavy atom. The zero-order chi connectivity index (χ0) is 36.6. The maximum atomic E-state index is 14.0. The fraction of sp³-hybridized carbons (Fsp3) is 0.351. The Balaban J connectivity index is 1.39. The topological polar surface area (TPSA) is 152 Å². The van der Waals surface area contributed by atoms with Crippen LogP contribution in [0.1, 0.15) is 54.0 Å². The number of para-hydroxylation sites is 1. The second-order valence-electron chi connectivity index (χ2n) is 13.4. The van der Waals surface area contributed by atoms with Gasteiger partial charge in [0.05, 0.1) is 5.39 Å². The average Bonchev–Trinajstić information content (AvgIpc) is 3.01. The lowest BCUT2D eigenvalue weighted by Crippen LogP contribution is -2.49. The van der Waals surface area contributed by atoms with Gasteiger partial charge >= 0.3 is 18.2 Å². The SMILES string of the molecule is C[C@@H](NC[C@@H](Cc1ccc(OC(=O)OC(C)(C)C)cc1)NC(=O)OC(C)(C)C)C(=O)Oc1ccc2c(=O)c(Oc3ccccc3F)coc2c1. The smallest absolute Gasteiger partial charge is 0.460 e. The normalized spacial score (nSPS) is 12.8. The molecule has 0 fully saturated rings. The van der Waals surface area contributed by atoms with E-state index in [4.69, 9.17) is 28.1 Å². The first-order chi connectivity index (χ1) is 23.5. The van der Waals surface area contributed by atoms with Crippen molar-refractivity contribution in [3.05, 3.63) is 94.6 Å². The zero-order valence-corrected chi connectivity index (χ0v) is 29.0. The van der Waals surface area contributed by atoms with Gasteiger partial charge in [0.25, 0.3) is 0 Å². The van der Waals surface area contributed by atoms with E-state index in [0.29, 0.717) is 12.2 Å². The van der Waals surface area contributed by atoms with Crippen LogP contribution in [0.15, 0.2) is 82.2 Å². The predicted octanol–water partition coefficient (Wildman–Crippen LogP) is 7.06. The minimum absolute atomic E-state index is 0.124. The molecule has 12 nitrogen and oxygen atoms in total. The monoisotopic (exact) mass is 692 g/mol. The highest BCUT2D eigenvalue weighted by atomic mass is 19.1. The number of halogens is 1. The van der Waals surface area contributed by atoms with E-state index in [9.17, 15) is 23.6 Å². The molecular weight excluding hydrogens is 651 g/mol. The third-order valence-corrected chi connectivity index (χ3v) is 6.73. The first kappa shape index (κ1) is 37.4. The Kier molecular flexibility index (Phi) is 11.9. The Bertz CT molecular complexity index is 1880. The summed E-state index contributed by atoms with van der Waals surface area (Å²) in [5.41, 5.74) is -1.02. The lowest BCUT2D eigenvalue weighted by molar-refractivity contribution is -0.136. The Hall–Kier alpha value is -5.43. The van der Waals surface area contributed by atoms with Gasteiger partial charge in [-0.2, -0.15) is 0 Å². The first-order valence-corrected chi connectivity index (χ1v) is 15.9. The van der Waals surface area contributed by atoms with Gasteiger partial charge < -0.3 is 38.7 Å². The second-order valence-corrected chi connectivity index (χ2v) is 13.4. The third kappa shape index (κ3) is 11.3. The molecule has 4 rings (SSSR count). The van der Waals surface area contributed by atoms with Crippen LogP contribution in [-0.2, 0) is 20.7 Å². The van der Waals surface area contributed by atoms with Gasteiger partial charge in [-0.15, -0.1) is 0 Å². The zero-order valence-electron chi connectivity index (χ0n) is 29.0. The lowest BCUT2D eigenvalue weighted by Gasteiger charge is -2.25. The number of fused-ring (bicyclic) bond motifs is 1. The number of alkyl carbamates (subject to hydrolysis) is 1. The number of ether oxygens (including phenoxy) is 5. The molecule has 3 aromatic carbocycles. The quantitative estimate of drug-likeness (QED) is 0.0944. The van der Waals surface area contributed by atoms with Crippen LogP contribution >= 0.6 is 0 Å². The van der Waals surface area contributed by atoms with Gasteiger partial charge in [0.2, 0.25) is 11.2 Å². The van der Waals surface area contributed by atoms with Crippen LogP contribution in [0, 0.1) is 5.82 Å². The molecule has 0 bridgehead atoms. The van der Waals surface area contributed by atoms with Gasteiger partial charge in [-0.3, -0.25) is 4.79 Å². The van der Waals surface area contributed by atoms with Gasteiger partial charge in [0, 0.05) is 18.7 Å². The van der Waals surface area contributed by atoms with E-state index in [1.807, 2.05) is 0 Å². The van der Waals surface area contributed by atoms with Crippen LogP contribution in [-0.4, -0.2) is 48.0 Å². The number of nitrogens with one attached hydrogen (secondary N) is 2. The van der Waals surface area contributed by atoms with Gasteiger partial charge in [-0.1, -0.05) is 24.3 Å². The Morgan fingerprint density at radius 3 is 2.16 bits per heavy atom. The number of esters is 1. The number of rotatable bonds is 11. The second kappa shape index (κ2) is 15.9. The summed E-state index contributed by atoms with van der Waals surface area (Å²) >= 11 is 0. The van der Waals surface area contributed by atoms with Crippen molar-refractivity contribution in [2.75, 3.05) is 6.54 Å². The van der Waals surface area contributed by atoms with Gasteiger partial charge in [-0.25, -0.2) is 18.8 Å². The molecule has 2 atom stereocenters. The molecule has 13 heteroatoms. The molecule has 4 aromatic rings. The van der Waals surface area contributed by atoms with Crippen LogP contribution < -0.4 is 30.3 Å². The number of amides is 1.